The number of hydrogen-bond donors (Lipinski definition) is 3. The van der Waals surface area contributed by atoms with E-state index in [1.165, 1.54) is 0 Å². The average molecular weight is 267 g/mol. The van der Waals surface area contributed by atoms with Gasteiger partial charge in [0.1, 0.15) is 5.75 Å². The van der Waals surface area contributed by atoms with Crippen LogP contribution in [0.25, 0.3) is 0 Å². The zero-order valence-electron chi connectivity index (χ0n) is 11.3. The topological polar surface area (TPSA) is 78.8 Å². The van der Waals surface area contributed by atoms with Gasteiger partial charge < -0.3 is 20.3 Å². The summed E-state index contributed by atoms with van der Waals surface area (Å²) in [5.41, 5.74) is 0.462. The van der Waals surface area contributed by atoms with Gasteiger partial charge in [-0.2, -0.15) is 0 Å². The lowest BCUT2D eigenvalue weighted by molar-refractivity contribution is 0.0879. The largest absolute Gasteiger partial charge is 0.493 e. The van der Waals surface area contributed by atoms with Crippen molar-refractivity contribution in [2.45, 2.75) is 19.9 Å². The van der Waals surface area contributed by atoms with Crippen LogP contribution in [-0.2, 0) is 0 Å². The first-order valence-corrected chi connectivity index (χ1v) is 6.32. The Morgan fingerprint density at radius 2 is 1.79 bits per heavy atom. The van der Waals surface area contributed by atoms with Gasteiger partial charge in [-0.15, -0.1) is 0 Å². The Balaban J connectivity index is 2.57. The van der Waals surface area contributed by atoms with Crippen LogP contribution in [0, 0.1) is 5.92 Å². The van der Waals surface area contributed by atoms with E-state index >= 15 is 0 Å². The number of benzene rings is 1. The maximum Gasteiger partial charge on any atom is 0.251 e. The minimum Gasteiger partial charge on any atom is -0.493 e. The quantitative estimate of drug-likeness (QED) is 0.683. The van der Waals surface area contributed by atoms with Crippen LogP contribution in [0.1, 0.15) is 24.2 Å². The zero-order chi connectivity index (χ0) is 14.3. The van der Waals surface area contributed by atoms with Gasteiger partial charge in [0.15, 0.2) is 0 Å². The summed E-state index contributed by atoms with van der Waals surface area (Å²) in [6.07, 6.45) is 0. The Hall–Kier alpha value is -1.59. The second kappa shape index (κ2) is 7.76. The Morgan fingerprint density at radius 3 is 2.26 bits per heavy atom. The highest BCUT2D eigenvalue weighted by molar-refractivity contribution is 5.94. The van der Waals surface area contributed by atoms with E-state index in [1.807, 2.05) is 0 Å². The third-order valence-corrected chi connectivity index (χ3v) is 2.48. The molecule has 5 nitrogen and oxygen atoms in total. The maximum absolute atomic E-state index is 11.8. The summed E-state index contributed by atoms with van der Waals surface area (Å²) in [6.45, 7) is 4.16. The number of carbonyl (C=O) groups excluding carboxylic acids is 1. The number of carbonyl (C=O) groups is 1. The lowest BCUT2D eigenvalue weighted by Crippen LogP contribution is -2.40. The molecule has 0 aliphatic carbocycles. The first kappa shape index (κ1) is 15.5. The molecule has 0 aliphatic rings. The van der Waals surface area contributed by atoms with E-state index in [1.54, 1.807) is 24.3 Å². The Morgan fingerprint density at radius 1 is 1.21 bits per heavy atom. The summed E-state index contributed by atoms with van der Waals surface area (Å²) in [6, 6.07) is 6.12. The van der Waals surface area contributed by atoms with Crippen molar-refractivity contribution in [1.29, 1.82) is 0 Å². The van der Waals surface area contributed by atoms with E-state index in [0.717, 1.165) is 0 Å². The summed E-state index contributed by atoms with van der Waals surface area (Å²) in [5.74, 6) is 0.826. The second-order valence-electron chi connectivity index (χ2n) is 4.76. The van der Waals surface area contributed by atoms with Gasteiger partial charge in [0.2, 0.25) is 0 Å². The predicted octanol–water partition coefficient (Wildman–Crippen LogP) is 0.804. The summed E-state index contributed by atoms with van der Waals surface area (Å²) in [5, 5.41) is 20.3. The standard InChI is InChI=1S/C14H21NO4/c1-10(2)9-19-13-5-3-11(4-6-13)14(18)15-12(7-16)8-17/h3-6,10,12,16-17H,7-9H2,1-2H3,(H,15,18). The fraction of sp³-hybridized carbons (Fsp3) is 0.500. The molecule has 1 amide bonds. The molecular weight excluding hydrogens is 246 g/mol. The highest BCUT2D eigenvalue weighted by Gasteiger charge is 2.11. The fourth-order valence-corrected chi connectivity index (χ4v) is 1.38. The summed E-state index contributed by atoms with van der Waals surface area (Å²) < 4.78 is 5.51. The van der Waals surface area contributed by atoms with Crippen LogP contribution in [0.15, 0.2) is 24.3 Å². The van der Waals surface area contributed by atoms with Crippen LogP contribution in [0.5, 0.6) is 5.75 Å². The molecule has 106 valence electrons. The van der Waals surface area contributed by atoms with E-state index < -0.39 is 6.04 Å². The zero-order valence-corrected chi connectivity index (χ0v) is 11.3. The molecule has 0 fully saturated rings. The number of amides is 1. The van der Waals surface area contributed by atoms with Crippen LogP contribution in [-0.4, -0.2) is 42.0 Å². The van der Waals surface area contributed by atoms with Crippen LogP contribution < -0.4 is 10.1 Å². The van der Waals surface area contributed by atoms with Gasteiger partial charge in [0.05, 0.1) is 25.9 Å². The Bertz CT molecular complexity index is 385. The van der Waals surface area contributed by atoms with E-state index in [0.29, 0.717) is 23.8 Å². The summed E-state index contributed by atoms with van der Waals surface area (Å²) in [4.78, 5) is 11.8. The van der Waals surface area contributed by atoms with Crippen molar-refractivity contribution in [2.24, 2.45) is 5.92 Å². The van der Waals surface area contributed by atoms with Gasteiger partial charge >= 0.3 is 0 Å². The Labute approximate surface area is 113 Å². The molecule has 0 radical (unpaired) electrons. The minimum absolute atomic E-state index is 0.294. The van der Waals surface area contributed by atoms with Crippen molar-refractivity contribution in [1.82, 2.24) is 5.32 Å². The molecule has 0 saturated carbocycles. The molecule has 0 spiro atoms. The smallest absolute Gasteiger partial charge is 0.251 e. The molecule has 0 atom stereocenters. The fourth-order valence-electron chi connectivity index (χ4n) is 1.38. The molecule has 0 unspecified atom stereocenters. The first-order valence-electron chi connectivity index (χ1n) is 6.32. The molecule has 1 aromatic rings. The van der Waals surface area contributed by atoms with Gasteiger partial charge in [0, 0.05) is 5.56 Å². The molecule has 0 heterocycles. The number of aliphatic hydroxyl groups is 2. The average Bonchev–Trinajstić information content (AvgIpc) is 2.42. The number of ether oxygens (including phenoxy) is 1. The number of aliphatic hydroxyl groups excluding tert-OH is 2. The van der Waals surface area contributed by atoms with Crippen LogP contribution in [0.2, 0.25) is 0 Å². The van der Waals surface area contributed by atoms with E-state index in [-0.39, 0.29) is 19.1 Å². The van der Waals surface area contributed by atoms with Crippen molar-refractivity contribution >= 4 is 5.91 Å². The first-order chi connectivity index (χ1) is 9.06. The molecule has 0 bridgehead atoms. The summed E-state index contributed by atoms with van der Waals surface area (Å²) >= 11 is 0. The van der Waals surface area contributed by atoms with Crippen LogP contribution >= 0.6 is 0 Å². The molecule has 5 heteroatoms. The minimum atomic E-state index is -0.635. The highest BCUT2D eigenvalue weighted by atomic mass is 16.5. The van der Waals surface area contributed by atoms with Crippen molar-refractivity contribution < 1.29 is 19.7 Å². The lowest BCUT2D eigenvalue weighted by atomic mass is 10.2. The molecule has 19 heavy (non-hydrogen) atoms. The third kappa shape index (κ3) is 5.28. The number of rotatable bonds is 7. The Kier molecular flexibility index (Phi) is 6.32. The molecule has 0 aliphatic heterocycles. The van der Waals surface area contributed by atoms with Gasteiger partial charge in [-0.25, -0.2) is 0 Å². The van der Waals surface area contributed by atoms with Gasteiger partial charge in [-0.05, 0) is 30.2 Å². The number of nitrogens with one attached hydrogen (secondary N) is 1. The van der Waals surface area contributed by atoms with Crippen molar-refractivity contribution in [3.63, 3.8) is 0 Å². The second-order valence-corrected chi connectivity index (χ2v) is 4.76. The predicted molar refractivity (Wildman–Crippen MR) is 72.2 cm³/mol. The molecule has 1 aromatic carbocycles. The van der Waals surface area contributed by atoms with E-state index in [9.17, 15) is 4.79 Å². The van der Waals surface area contributed by atoms with E-state index in [4.69, 9.17) is 14.9 Å². The van der Waals surface area contributed by atoms with Crippen LogP contribution in [0.4, 0.5) is 0 Å². The maximum atomic E-state index is 11.8. The SMILES string of the molecule is CC(C)COc1ccc(C(=O)NC(CO)CO)cc1. The monoisotopic (exact) mass is 267 g/mol. The van der Waals surface area contributed by atoms with Crippen molar-refractivity contribution in [2.75, 3.05) is 19.8 Å². The summed E-state index contributed by atoms with van der Waals surface area (Å²) in [7, 11) is 0. The molecule has 0 saturated heterocycles. The third-order valence-electron chi connectivity index (χ3n) is 2.48. The molecule has 0 aromatic heterocycles. The highest BCUT2D eigenvalue weighted by Crippen LogP contribution is 2.13. The normalized spacial score (nSPS) is 10.8. The van der Waals surface area contributed by atoms with Crippen LogP contribution in [0.3, 0.4) is 0 Å². The molecular formula is C14H21NO4. The van der Waals surface area contributed by atoms with Gasteiger partial charge in [-0.1, -0.05) is 13.8 Å². The number of hydrogen-bond acceptors (Lipinski definition) is 4. The van der Waals surface area contributed by atoms with Gasteiger partial charge in [0.25, 0.3) is 5.91 Å². The van der Waals surface area contributed by atoms with Gasteiger partial charge in [-0.3, -0.25) is 4.79 Å². The lowest BCUT2D eigenvalue weighted by Gasteiger charge is -2.13. The molecule has 3 N–H and O–H groups in total. The van der Waals surface area contributed by atoms with Crippen molar-refractivity contribution in [3.05, 3.63) is 29.8 Å². The van der Waals surface area contributed by atoms with E-state index in [2.05, 4.69) is 19.2 Å². The molecule has 1 rings (SSSR count). The van der Waals surface area contributed by atoms with Crippen molar-refractivity contribution in [3.8, 4) is 5.75 Å².